The minimum absolute atomic E-state index is 0.0156. The first-order valence-electron chi connectivity index (χ1n) is 13.3. The lowest BCUT2D eigenvalue weighted by Crippen LogP contribution is -2.27. The van der Waals surface area contributed by atoms with Crippen molar-refractivity contribution in [1.29, 1.82) is 0 Å². The lowest BCUT2D eigenvalue weighted by molar-refractivity contribution is -0.117. The lowest BCUT2D eigenvalue weighted by atomic mass is 9.97. The molecule has 0 aliphatic carbocycles. The molecule has 0 bridgehead atoms. The zero-order valence-corrected chi connectivity index (χ0v) is 18.9. The van der Waals surface area contributed by atoms with Crippen LogP contribution in [0.1, 0.15) is 45.4 Å². The monoisotopic (exact) mass is 457 g/mol. The summed E-state index contributed by atoms with van der Waals surface area (Å²) < 4.78 is 46.0. The Labute approximate surface area is 206 Å². The summed E-state index contributed by atoms with van der Waals surface area (Å²) in [7, 11) is 0. The van der Waals surface area contributed by atoms with Crippen LogP contribution in [0, 0.1) is 13.8 Å². The summed E-state index contributed by atoms with van der Waals surface area (Å²) in [4.78, 5) is 25.8. The molecule has 4 aromatic carbocycles. The quantitative estimate of drug-likeness (QED) is 0.359. The number of carbonyl (C=O) groups excluding carboxylic acids is 2. The number of rotatable bonds is 7. The predicted octanol–water partition coefficient (Wildman–Crippen LogP) is 5.49. The second kappa shape index (κ2) is 10.3. The Hall–Kier alpha value is -3.96. The highest BCUT2D eigenvalue weighted by Crippen LogP contribution is 2.22. The van der Waals surface area contributed by atoms with E-state index in [0.717, 1.165) is 10.9 Å². The van der Waals surface area contributed by atoms with Gasteiger partial charge in [-0.3, -0.25) is 4.79 Å². The van der Waals surface area contributed by atoms with Crippen molar-refractivity contribution in [2.45, 2.75) is 26.3 Å². The molecule has 172 valence electrons. The van der Waals surface area contributed by atoms with E-state index in [9.17, 15) is 9.59 Å². The number of hydrogen-bond donors (Lipinski definition) is 2. The Morgan fingerprint density at radius 3 is 2.53 bits per heavy atom. The predicted molar refractivity (Wildman–Crippen MR) is 136 cm³/mol. The molecule has 5 nitrogen and oxygen atoms in total. The number of ether oxygens (including phenoxy) is 1. The Morgan fingerprint density at radius 1 is 1.00 bits per heavy atom. The molecular weight excluding hydrogens is 424 g/mol. The number of hydrogen-bond acceptors (Lipinski definition) is 4. The van der Waals surface area contributed by atoms with Gasteiger partial charge in [0, 0.05) is 14.9 Å². The third-order valence-electron chi connectivity index (χ3n) is 5.47. The zero-order chi connectivity index (χ0) is 28.5. The fourth-order valence-electron chi connectivity index (χ4n) is 3.68. The molecule has 1 atom stereocenters. The number of nitrogens with two attached hydrogens (primary N) is 1. The molecule has 0 saturated carbocycles. The van der Waals surface area contributed by atoms with E-state index >= 15 is 0 Å². The van der Waals surface area contributed by atoms with E-state index in [-0.39, 0.29) is 16.7 Å². The lowest BCUT2D eigenvalue weighted by Gasteiger charge is -2.16. The van der Waals surface area contributed by atoms with Gasteiger partial charge >= 0.3 is 5.97 Å². The van der Waals surface area contributed by atoms with Crippen molar-refractivity contribution in [2.24, 2.45) is 5.73 Å². The molecule has 4 rings (SSSR count). The van der Waals surface area contributed by atoms with E-state index in [0.29, 0.717) is 22.7 Å². The zero-order valence-electron chi connectivity index (χ0n) is 23.9. The molecule has 34 heavy (non-hydrogen) atoms. The summed E-state index contributed by atoms with van der Waals surface area (Å²) >= 11 is 0. The number of esters is 1. The van der Waals surface area contributed by atoms with E-state index in [4.69, 9.17) is 17.3 Å². The highest BCUT2D eigenvalue weighted by molar-refractivity contribution is 5.98. The number of anilines is 1. The minimum atomic E-state index is -2.48. The van der Waals surface area contributed by atoms with Crippen molar-refractivity contribution in [1.82, 2.24) is 0 Å². The van der Waals surface area contributed by atoms with Crippen LogP contribution in [0.25, 0.3) is 10.8 Å². The molecule has 0 fully saturated rings. The maximum absolute atomic E-state index is 13.2. The van der Waals surface area contributed by atoms with Crippen LogP contribution < -0.4 is 11.1 Å². The van der Waals surface area contributed by atoms with Gasteiger partial charge in [0.25, 0.3) is 0 Å². The van der Waals surface area contributed by atoms with Gasteiger partial charge in [0.2, 0.25) is 5.91 Å². The third kappa shape index (κ3) is 5.33. The second-order valence-corrected chi connectivity index (χ2v) is 7.99. The normalized spacial score (nSPS) is 14.7. The van der Waals surface area contributed by atoms with Crippen LogP contribution in [-0.4, -0.2) is 18.4 Å². The van der Waals surface area contributed by atoms with E-state index in [1.165, 1.54) is 24.3 Å². The van der Waals surface area contributed by atoms with Crippen LogP contribution in [0.15, 0.2) is 84.9 Å². The number of fused-ring (bicyclic) bond motifs is 1. The van der Waals surface area contributed by atoms with Gasteiger partial charge in [0.1, 0.15) is 6.56 Å². The molecule has 0 spiro atoms. The SMILES string of the molecule is [2H]c1cccc2cc(NC(=O)[C@@H](c3ccc(C([2H])([2H])OC(=O)c4ccc(C)cc4C)cc3)C([2H])([2H])N)ccc12. The summed E-state index contributed by atoms with van der Waals surface area (Å²) in [5.74, 6) is -2.93. The van der Waals surface area contributed by atoms with Gasteiger partial charge < -0.3 is 15.8 Å². The summed E-state index contributed by atoms with van der Waals surface area (Å²) in [6.45, 7) is -1.29. The maximum atomic E-state index is 13.2. The fourth-order valence-corrected chi connectivity index (χ4v) is 3.68. The molecular formula is C29H28N2O3. The van der Waals surface area contributed by atoms with Crippen LogP contribution in [0.2, 0.25) is 0 Å². The fraction of sp³-hybridized carbons (Fsp3) is 0.172. The maximum Gasteiger partial charge on any atom is 0.338 e. The summed E-state index contributed by atoms with van der Waals surface area (Å²) in [6, 6.07) is 21.2. The first-order chi connectivity index (χ1) is 18.3. The molecule has 0 heterocycles. The summed E-state index contributed by atoms with van der Waals surface area (Å²) in [5, 5.41) is 4.15. The Morgan fingerprint density at radius 2 is 1.79 bits per heavy atom. The number of benzene rings is 4. The number of amides is 1. The highest BCUT2D eigenvalue weighted by Gasteiger charge is 2.19. The van der Waals surface area contributed by atoms with Gasteiger partial charge in [-0.05, 0) is 59.5 Å². The first kappa shape index (κ1) is 17.5. The smallest absolute Gasteiger partial charge is 0.338 e. The summed E-state index contributed by atoms with van der Waals surface area (Å²) in [6.07, 6.45) is 0. The highest BCUT2D eigenvalue weighted by atomic mass is 16.5. The largest absolute Gasteiger partial charge is 0.457 e. The van der Waals surface area contributed by atoms with E-state index in [1.54, 1.807) is 55.5 Å². The van der Waals surface area contributed by atoms with E-state index in [2.05, 4.69) is 5.32 Å². The van der Waals surface area contributed by atoms with Crippen LogP contribution >= 0.6 is 0 Å². The first-order valence-corrected chi connectivity index (χ1v) is 10.8. The average molecular weight is 458 g/mol. The van der Waals surface area contributed by atoms with Crippen molar-refractivity contribution in [2.75, 3.05) is 11.8 Å². The molecule has 0 unspecified atom stereocenters. The summed E-state index contributed by atoms with van der Waals surface area (Å²) in [5.41, 5.74) is 8.28. The Balaban J connectivity index is 1.55. The van der Waals surface area contributed by atoms with Crippen LogP contribution in [0.5, 0.6) is 0 Å². The molecule has 4 aromatic rings. The van der Waals surface area contributed by atoms with Crippen molar-refractivity contribution < 1.29 is 21.2 Å². The van der Waals surface area contributed by atoms with Crippen LogP contribution in [0.4, 0.5) is 5.69 Å². The van der Waals surface area contributed by atoms with Crippen molar-refractivity contribution in [3.05, 3.63) is 113 Å². The minimum Gasteiger partial charge on any atom is -0.457 e. The van der Waals surface area contributed by atoms with Crippen molar-refractivity contribution in [3.8, 4) is 0 Å². The average Bonchev–Trinajstić information content (AvgIpc) is 2.83. The van der Waals surface area contributed by atoms with Crippen molar-refractivity contribution >= 4 is 28.3 Å². The Kier molecular flexibility index (Phi) is 5.31. The molecule has 0 radical (unpaired) electrons. The standard InChI is InChI=1S/C29H28N2O3/c1-19-7-14-26(20(2)15-19)29(33)34-18-21-8-10-23(11-9-21)27(17-30)28(32)31-25-13-12-22-5-3-4-6-24(22)16-25/h3-16,27H,17-18,30H2,1-2H3,(H,31,32)/t27-/m1/s1/i5D,17D2,18D2. The molecule has 3 N–H and O–H groups in total. The van der Waals surface area contributed by atoms with E-state index in [1.807, 2.05) is 13.0 Å². The number of nitrogens with one attached hydrogen (secondary N) is 1. The van der Waals surface area contributed by atoms with Crippen LogP contribution in [-0.2, 0) is 16.1 Å². The molecule has 0 aliphatic heterocycles. The molecule has 5 heteroatoms. The second-order valence-electron chi connectivity index (χ2n) is 7.99. The third-order valence-corrected chi connectivity index (χ3v) is 5.47. The molecule has 0 aromatic heterocycles. The van der Waals surface area contributed by atoms with Gasteiger partial charge in [-0.1, -0.05) is 72.3 Å². The van der Waals surface area contributed by atoms with Gasteiger partial charge in [-0.2, -0.15) is 0 Å². The molecule has 0 aliphatic rings. The number of carbonyl (C=O) groups is 2. The molecule has 0 saturated heterocycles. The molecule has 1 amide bonds. The van der Waals surface area contributed by atoms with Crippen molar-refractivity contribution in [3.63, 3.8) is 0 Å². The van der Waals surface area contributed by atoms with Gasteiger partial charge in [-0.15, -0.1) is 0 Å². The number of aryl methyl sites for hydroxylation is 2. The topological polar surface area (TPSA) is 81.4 Å². The van der Waals surface area contributed by atoms with Gasteiger partial charge in [0.05, 0.1) is 15.6 Å². The van der Waals surface area contributed by atoms with Gasteiger partial charge in [0.15, 0.2) is 0 Å². The van der Waals surface area contributed by atoms with Gasteiger partial charge in [-0.25, -0.2) is 4.79 Å². The Bertz CT molecular complexity index is 1550. The van der Waals surface area contributed by atoms with E-state index < -0.39 is 30.9 Å². The van der Waals surface area contributed by atoms with Crippen LogP contribution in [0.3, 0.4) is 0 Å².